The van der Waals surface area contributed by atoms with Gasteiger partial charge in [-0.1, -0.05) is 18.5 Å². The lowest BCUT2D eigenvalue weighted by Crippen LogP contribution is -2.19. The topological polar surface area (TPSA) is 55.4 Å². The second-order valence-corrected chi connectivity index (χ2v) is 5.87. The maximum absolute atomic E-state index is 11.8. The van der Waals surface area contributed by atoms with Crippen LogP contribution in [0.2, 0.25) is 5.02 Å². The van der Waals surface area contributed by atoms with Crippen LogP contribution in [0.1, 0.15) is 18.9 Å². The monoisotopic (exact) mass is 277 g/mol. The van der Waals surface area contributed by atoms with Crippen molar-refractivity contribution in [2.24, 2.45) is 0 Å². The second kappa shape index (κ2) is 5.71. The van der Waals surface area contributed by atoms with Gasteiger partial charge in [0.2, 0.25) is 10.0 Å². The van der Waals surface area contributed by atoms with Crippen LogP contribution < -0.4 is 9.46 Å². The molecule has 96 valence electrons. The lowest BCUT2D eigenvalue weighted by Gasteiger charge is -2.12. The Hall–Kier alpha value is -0.780. The van der Waals surface area contributed by atoms with Crippen molar-refractivity contribution < 1.29 is 13.2 Å². The summed E-state index contributed by atoms with van der Waals surface area (Å²) in [5.41, 5.74) is 0.785. The number of hydrogen-bond donors (Lipinski definition) is 1. The van der Waals surface area contributed by atoms with Gasteiger partial charge in [0.05, 0.1) is 6.61 Å². The predicted molar refractivity (Wildman–Crippen MR) is 68.2 cm³/mol. The summed E-state index contributed by atoms with van der Waals surface area (Å²) in [7, 11) is -2.20. The van der Waals surface area contributed by atoms with E-state index in [4.69, 9.17) is 16.3 Å². The summed E-state index contributed by atoms with van der Waals surface area (Å²) in [4.78, 5) is 0.0732. The van der Waals surface area contributed by atoms with Gasteiger partial charge >= 0.3 is 0 Å². The van der Waals surface area contributed by atoms with Crippen LogP contribution in [-0.4, -0.2) is 22.1 Å². The van der Waals surface area contributed by atoms with E-state index < -0.39 is 10.0 Å². The highest BCUT2D eigenvalue weighted by atomic mass is 35.5. The minimum atomic E-state index is -3.56. The van der Waals surface area contributed by atoms with Gasteiger partial charge in [-0.3, -0.25) is 0 Å². The van der Waals surface area contributed by atoms with E-state index in [1.54, 1.807) is 13.0 Å². The average molecular weight is 278 g/mol. The maximum atomic E-state index is 11.8. The summed E-state index contributed by atoms with van der Waals surface area (Å²) in [5.74, 6) is 0.336. The van der Waals surface area contributed by atoms with E-state index in [2.05, 4.69) is 4.72 Å². The molecule has 17 heavy (non-hydrogen) atoms. The Bertz CT molecular complexity index is 500. The van der Waals surface area contributed by atoms with Gasteiger partial charge in [-0.25, -0.2) is 13.1 Å². The quantitative estimate of drug-likeness (QED) is 0.899. The molecule has 0 radical (unpaired) electrons. The molecule has 4 nitrogen and oxygen atoms in total. The summed E-state index contributed by atoms with van der Waals surface area (Å²) >= 11 is 5.94. The fourth-order valence-corrected chi connectivity index (χ4v) is 2.39. The largest absolute Gasteiger partial charge is 0.492 e. The molecule has 0 saturated carbocycles. The molecule has 0 atom stereocenters. The molecule has 1 rings (SSSR count). The van der Waals surface area contributed by atoms with Crippen LogP contribution in [-0.2, 0) is 10.0 Å². The van der Waals surface area contributed by atoms with Crippen LogP contribution in [0.5, 0.6) is 5.75 Å². The molecule has 0 aliphatic rings. The second-order valence-electron chi connectivity index (χ2n) is 3.60. The van der Waals surface area contributed by atoms with E-state index in [0.29, 0.717) is 17.4 Å². The minimum Gasteiger partial charge on any atom is -0.492 e. The first kappa shape index (κ1) is 14.3. The highest BCUT2D eigenvalue weighted by Gasteiger charge is 2.19. The van der Waals surface area contributed by atoms with Crippen LogP contribution in [0.4, 0.5) is 0 Å². The maximum Gasteiger partial charge on any atom is 0.244 e. The number of rotatable bonds is 5. The smallest absolute Gasteiger partial charge is 0.244 e. The van der Waals surface area contributed by atoms with Crippen LogP contribution in [0, 0.1) is 6.92 Å². The van der Waals surface area contributed by atoms with Crippen molar-refractivity contribution >= 4 is 21.6 Å². The fourth-order valence-electron chi connectivity index (χ4n) is 1.28. The highest BCUT2D eigenvalue weighted by Crippen LogP contribution is 2.30. The van der Waals surface area contributed by atoms with Crippen molar-refractivity contribution in [3.63, 3.8) is 0 Å². The molecule has 0 fully saturated rings. The number of hydrogen-bond acceptors (Lipinski definition) is 3. The molecule has 0 amide bonds. The normalized spacial score (nSPS) is 11.5. The zero-order chi connectivity index (χ0) is 13.1. The Morgan fingerprint density at radius 1 is 1.41 bits per heavy atom. The number of halogens is 1. The SMILES string of the molecule is CCCOc1cc(C)c(Cl)cc1S(=O)(=O)NC. The standard InChI is InChI=1S/C11H16ClNO3S/c1-4-5-16-10-6-8(2)9(12)7-11(10)17(14,15)13-3/h6-7,13H,4-5H2,1-3H3. The van der Waals surface area contributed by atoms with Crippen molar-refractivity contribution in [2.75, 3.05) is 13.7 Å². The zero-order valence-electron chi connectivity index (χ0n) is 10.1. The van der Waals surface area contributed by atoms with E-state index in [-0.39, 0.29) is 4.90 Å². The molecule has 0 heterocycles. The first-order valence-corrected chi connectivity index (χ1v) is 7.15. The third-order valence-electron chi connectivity index (χ3n) is 2.24. The van der Waals surface area contributed by atoms with Crippen molar-refractivity contribution in [3.05, 3.63) is 22.7 Å². The molecular weight excluding hydrogens is 262 g/mol. The number of benzene rings is 1. The molecule has 1 aromatic rings. The predicted octanol–water partition coefficient (Wildman–Crippen LogP) is 2.35. The number of aryl methyl sites for hydroxylation is 1. The Kier molecular flexibility index (Phi) is 4.80. The van der Waals surface area contributed by atoms with Crippen molar-refractivity contribution in [2.45, 2.75) is 25.2 Å². The molecule has 0 aliphatic heterocycles. The third-order valence-corrected chi connectivity index (χ3v) is 4.09. The molecule has 1 aromatic carbocycles. The Morgan fingerprint density at radius 2 is 2.06 bits per heavy atom. The van der Waals surface area contributed by atoms with Crippen LogP contribution in [0.3, 0.4) is 0 Å². The van der Waals surface area contributed by atoms with E-state index in [0.717, 1.165) is 12.0 Å². The van der Waals surface area contributed by atoms with E-state index in [1.165, 1.54) is 13.1 Å². The van der Waals surface area contributed by atoms with Gasteiger partial charge in [-0.05, 0) is 38.1 Å². The number of ether oxygens (including phenoxy) is 1. The fraction of sp³-hybridized carbons (Fsp3) is 0.455. The zero-order valence-corrected chi connectivity index (χ0v) is 11.7. The molecule has 0 saturated heterocycles. The van der Waals surface area contributed by atoms with Gasteiger partial charge < -0.3 is 4.74 Å². The van der Waals surface area contributed by atoms with Crippen LogP contribution in [0.25, 0.3) is 0 Å². The minimum absolute atomic E-state index is 0.0732. The first-order chi connectivity index (χ1) is 7.92. The van der Waals surface area contributed by atoms with Crippen molar-refractivity contribution in [1.82, 2.24) is 4.72 Å². The molecule has 0 aliphatic carbocycles. The Balaban J connectivity index is 3.31. The van der Waals surface area contributed by atoms with Gasteiger partial charge in [0.1, 0.15) is 10.6 Å². The van der Waals surface area contributed by atoms with Crippen LogP contribution >= 0.6 is 11.6 Å². The van der Waals surface area contributed by atoms with Gasteiger partial charge in [0.25, 0.3) is 0 Å². The van der Waals surface area contributed by atoms with E-state index in [9.17, 15) is 8.42 Å². The lowest BCUT2D eigenvalue weighted by atomic mass is 10.2. The van der Waals surface area contributed by atoms with Gasteiger partial charge in [-0.2, -0.15) is 0 Å². The molecule has 6 heteroatoms. The first-order valence-electron chi connectivity index (χ1n) is 5.29. The van der Waals surface area contributed by atoms with Crippen LogP contribution in [0.15, 0.2) is 17.0 Å². The Morgan fingerprint density at radius 3 is 2.59 bits per heavy atom. The summed E-state index contributed by atoms with van der Waals surface area (Å²) in [6.45, 7) is 4.22. The van der Waals surface area contributed by atoms with E-state index >= 15 is 0 Å². The van der Waals surface area contributed by atoms with Gasteiger partial charge in [0.15, 0.2) is 0 Å². The summed E-state index contributed by atoms with van der Waals surface area (Å²) in [6.07, 6.45) is 0.806. The van der Waals surface area contributed by atoms with E-state index in [1.807, 2.05) is 6.92 Å². The highest BCUT2D eigenvalue weighted by molar-refractivity contribution is 7.89. The molecule has 0 bridgehead atoms. The number of nitrogens with one attached hydrogen (secondary N) is 1. The molecule has 0 unspecified atom stereocenters. The van der Waals surface area contributed by atoms with Crippen molar-refractivity contribution in [1.29, 1.82) is 0 Å². The summed E-state index contributed by atoms with van der Waals surface area (Å²) in [5, 5.41) is 0.405. The molecular formula is C11H16ClNO3S. The van der Waals surface area contributed by atoms with Gasteiger partial charge in [-0.15, -0.1) is 0 Å². The van der Waals surface area contributed by atoms with Crippen molar-refractivity contribution in [3.8, 4) is 5.75 Å². The molecule has 1 N–H and O–H groups in total. The summed E-state index contributed by atoms with van der Waals surface area (Å²) in [6, 6.07) is 3.05. The molecule has 0 spiro atoms. The summed E-state index contributed by atoms with van der Waals surface area (Å²) < 4.78 is 31.3. The Labute approximate surface area is 107 Å². The van der Waals surface area contributed by atoms with Gasteiger partial charge in [0, 0.05) is 5.02 Å². The third kappa shape index (κ3) is 3.34. The average Bonchev–Trinajstić information content (AvgIpc) is 2.30. The number of sulfonamides is 1. The lowest BCUT2D eigenvalue weighted by molar-refractivity contribution is 0.309. The molecule has 0 aromatic heterocycles.